The van der Waals surface area contributed by atoms with Crippen molar-refractivity contribution in [3.05, 3.63) is 0 Å². The van der Waals surface area contributed by atoms with Crippen molar-refractivity contribution in [3.63, 3.8) is 0 Å². The number of carbonyl (C=O) groups excluding carboxylic acids is 2. The van der Waals surface area contributed by atoms with Crippen LogP contribution in [0.3, 0.4) is 0 Å². The number of nitrogens with one attached hydrogen (secondary N) is 2. The normalized spacial score (nSPS) is 18.1. The maximum absolute atomic E-state index is 11.4. The van der Waals surface area contributed by atoms with E-state index >= 15 is 0 Å². The van der Waals surface area contributed by atoms with E-state index in [1.54, 1.807) is 0 Å². The molecule has 1 rings (SSSR count). The summed E-state index contributed by atoms with van der Waals surface area (Å²) in [4.78, 5) is 22.8. The minimum atomic E-state index is -0.812. The first-order chi connectivity index (χ1) is 7.93. The van der Waals surface area contributed by atoms with Gasteiger partial charge in [0.25, 0.3) is 0 Å². The number of amides is 2. The van der Waals surface area contributed by atoms with Crippen LogP contribution in [0, 0.1) is 5.92 Å². The van der Waals surface area contributed by atoms with Gasteiger partial charge in [0.1, 0.15) is 0 Å². The van der Waals surface area contributed by atoms with E-state index in [2.05, 4.69) is 10.6 Å². The monoisotopic (exact) mass is 242 g/mol. The summed E-state index contributed by atoms with van der Waals surface area (Å²) in [5.74, 6) is -0.975. The van der Waals surface area contributed by atoms with Gasteiger partial charge in [-0.05, 0) is 18.8 Å². The lowest BCUT2D eigenvalue weighted by atomic mass is 10.0. The van der Waals surface area contributed by atoms with Gasteiger partial charge >= 0.3 is 11.8 Å². The molecular formula is C12H22N2O3. The van der Waals surface area contributed by atoms with E-state index in [9.17, 15) is 14.7 Å². The number of hydrogen-bond donors (Lipinski definition) is 3. The number of carbonyl (C=O) groups is 2. The Morgan fingerprint density at radius 2 is 1.71 bits per heavy atom. The van der Waals surface area contributed by atoms with Crippen LogP contribution in [0.15, 0.2) is 0 Å². The number of rotatable bonds is 4. The molecule has 1 aliphatic carbocycles. The smallest absolute Gasteiger partial charge is 0.309 e. The molecule has 0 aromatic rings. The second-order valence-corrected chi connectivity index (χ2v) is 5.22. The SMILES string of the molecule is CC(C)CNC(=O)C(=O)NCC1(O)CCCC1. The van der Waals surface area contributed by atoms with Crippen molar-refractivity contribution in [2.45, 2.75) is 45.1 Å². The molecule has 1 fully saturated rings. The van der Waals surface area contributed by atoms with Crippen LogP contribution in [0.4, 0.5) is 0 Å². The highest BCUT2D eigenvalue weighted by atomic mass is 16.3. The fourth-order valence-electron chi connectivity index (χ4n) is 1.91. The van der Waals surface area contributed by atoms with Gasteiger partial charge in [-0.2, -0.15) is 0 Å². The average molecular weight is 242 g/mol. The van der Waals surface area contributed by atoms with Crippen molar-refractivity contribution in [2.24, 2.45) is 5.92 Å². The van der Waals surface area contributed by atoms with E-state index < -0.39 is 17.4 Å². The first-order valence-electron chi connectivity index (χ1n) is 6.21. The van der Waals surface area contributed by atoms with Crippen LogP contribution < -0.4 is 10.6 Å². The molecule has 17 heavy (non-hydrogen) atoms. The van der Waals surface area contributed by atoms with Gasteiger partial charge in [-0.25, -0.2) is 0 Å². The molecule has 0 spiro atoms. The van der Waals surface area contributed by atoms with Crippen LogP contribution >= 0.6 is 0 Å². The summed E-state index contributed by atoms with van der Waals surface area (Å²) in [6.45, 7) is 4.57. The Hall–Kier alpha value is -1.10. The van der Waals surface area contributed by atoms with E-state index in [1.807, 2.05) is 13.8 Å². The number of aliphatic hydroxyl groups is 1. The largest absolute Gasteiger partial charge is 0.388 e. The molecule has 5 heteroatoms. The lowest BCUT2D eigenvalue weighted by molar-refractivity contribution is -0.139. The van der Waals surface area contributed by atoms with Crippen LogP contribution in [0.2, 0.25) is 0 Å². The highest BCUT2D eigenvalue weighted by Gasteiger charge is 2.31. The first-order valence-corrected chi connectivity index (χ1v) is 6.21. The van der Waals surface area contributed by atoms with Gasteiger partial charge in [-0.15, -0.1) is 0 Å². The average Bonchev–Trinajstić information content (AvgIpc) is 2.70. The Labute approximate surface area is 102 Å². The third-order valence-electron chi connectivity index (χ3n) is 2.99. The highest BCUT2D eigenvalue weighted by molar-refractivity contribution is 6.35. The van der Waals surface area contributed by atoms with E-state index in [0.29, 0.717) is 25.3 Å². The van der Waals surface area contributed by atoms with Crippen LogP contribution in [0.5, 0.6) is 0 Å². The van der Waals surface area contributed by atoms with Gasteiger partial charge in [-0.1, -0.05) is 26.7 Å². The van der Waals surface area contributed by atoms with Gasteiger partial charge in [0.15, 0.2) is 0 Å². The third-order valence-corrected chi connectivity index (χ3v) is 2.99. The predicted octanol–water partition coefficient (Wildman–Crippen LogP) is 0.180. The standard InChI is InChI=1S/C12H22N2O3/c1-9(2)7-13-10(15)11(16)14-8-12(17)5-3-4-6-12/h9,17H,3-8H2,1-2H3,(H,13,15)(H,14,16). The van der Waals surface area contributed by atoms with Crippen molar-refractivity contribution in [1.29, 1.82) is 0 Å². The van der Waals surface area contributed by atoms with Crippen molar-refractivity contribution in [1.82, 2.24) is 10.6 Å². The van der Waals surface area contributed by atoms with Crippen molar-refractivity contribution >= 4 is 11.8 Å². The van der Waals surface area contributed by atoms with E-state index in [4.69, 9.17) is 0 Å². The lowest BCUT2D eigenvalue weighted by Crippen LogP contribution is -2.47. The molecule has 0 heterocycles. The van der Waals surface area contributed by atoms with Crippen molar-refractivity contribution in [3.8, 4) is 0 Å². The summed E-state index contributed by atoms with van der Waals surface area (Å²) >= 11 is 0. The summed E-state index contributed by atoms with van der Waals surface area (Å²) in [5, 5.41) is 15.0. The van der Waals surface area contributed by atoms with Gasteiger partial charge in [0.2, 0.25) is 0 Å². The molecule has 5 nitrogen and oxygen atoms in total. The Morgan fingerprint density at radius 3 is 2.24 bits per heavy atom. The molecule has 0 aliphatic heterocycles. The molecule has 0 bridgehead atoms. The van der Waals surface area contributed by atoms with Crippen LogP contribution in [-0.4, -0.2) is 35.6 Å². The molecule has 0 saturated heterocycles. The van der Waals surface area contributed by atoms with Gasteiger partial charge < -0.3 is 15.7 Å². The molecule has 0 radical (unpaired) electrons. The highest BCUT2D eigenvalue weighted by Crippen LogP contribution is 2.28. The fourth-order valence-corrected chi connectivity index (χ4v) is 1.91. The maximum atomic E-state index is 11.4. The molecule has 0 aromatic heterocycles. The first kappa shape index (κ1) is 14.0. The minimum Gasteiger partial charge on any atom is -0.388 e. The minimum absolute atomic E-state index is 0.168. The van der Waals surface area contributed by atoms with Gasteiger partial charge in [0, 0.05) is 13.1 Å². The second-order valence-electron chi connectivity index (χ2n) is 5.22. The quantitative estimate of drug-likeness (QED) is 0.615. The van der Waals surface area contributed by atoms with E-state index in [-0.39, 0.29) is 6.54 Å². The Bertz CT molecular complexity index is 283. The summed E-state index contributed by atoms with van der Waals surface area (Å²) < 4.78 is 0. The zero-order valence-corrected chi connectivity index (χ0v) is 10.6. The summed E-state index contributed by atoms with van der Waals surface area (Å²) in [6.07, 6.45) is 3.35. The Kier molecular flexibility index (Phi) is 4.93. The molecular weight excluding hydrogens is 220 g/mol. The van der Waals surface area contributed by atoms with Crippen LogP contribution in [-0.2, 0) is 9.59 Å². The van der Waals surface area contributed by atoms with Crippen molar-refractivity contribution in [2.75, 3.05) is 13.1 Å². The molecule has 98 valence electrons. The van der Waals surface area contributed by atoms with Gasteiger partial charge in [0.05, 0.1) is 5.60 Å². The molecule has 0 aromatic carbocycles. The van der Waals surface area contributed by atoms with Crippen molar-refractivity contribution < 1.29 is 14.7 Å². The van der Waals surface area contributed by atoms with E-state index in [0.717, 1.165) is 12.8 Å². The molecule has 1 saturated carbocycles. The Balaban J connectivity index is 2.26. The van der Waals surface area contributed by atoms with E-state index in [1.165, 1.54) is 0 Å². The summed E-state index contributed by atoms with van der Waals surface area (Å²) in [6, 6.07) is 0. The fraction of sp³-hybridized carbons (Fsp3) is 0.833. The topological polar surface area (TPSA) is 78.4 Å². The Morgan fingerprint density at radius 1 is 1.18 bits per heavy atom. The predicted molar refractivity (Wildman–Crippen MR) is 64.3 cm³/mol. The van der Waals surface area contributed by atoms with Crippen LogP contribution in [0.1, 0.15) is 39.5 Å². The zero-order valence-electron chi connectivity index (χ0n) is 10.6. The number of hydrogen-bond acceptors (Lipinski definition) is 3. The third kappa shape index (κ3) is 4.73. The zero-order chi connectivity index (χ0) is 12.9. The molecule has 1 aliphatic rings. The second kappa shape index (κ2) is 6.00. The molecule has 3 N–H and O–H groups in total. The van der Waals surface area contributed by atoms with Gasteiger partial charge in [-0.3, -0.25) is 9.59 Å². The maximum Gasteiger partial charge on any atom is 0.309 e. The molecule has 0 atom stereocenters. The molecule has 2 amide bonds. The summed E-state index contributed by atoms with van der Waals surface area (Å²) in [7, 11) is 0. The lowest BCUT2D eigenvalue weighted by Gasteiger charge is -2.22. The molecule has 0 unspecified atom stereocenters. The summed E-state index contributed by atoms with van der Waals surface area (Å²) in [5.41, 5.74) is -0.812. The van der Waals surface area contributed by atoms with Crippen LogP contribution in [0.25, 0.3) is 0 Å².